The fraction of sp³-hybridized carbons (Fsp3) is 0.500. The van der Waals surface area contributed by atoms with Gasteiger partial charge in [-0.05, 0) is 13.8 Å². The van der Waals surface area contributed by atoms with Crippen LogP contribution in [-0.2, 0) is 14.3 Å². The summed E-state index contributed by atoms with van der Waals surface area (Å²) >= 11 is 0. The number of hydrogen-bond acceptors (Lipinski definition) is 3. The van der Waals surface area contributed by atoms with Crippen LogP contribution in [0.2, 0.25) is 0 Å². The van der Waals surface area contributed by atoms with Crippen molar-refractivity contribution in [3.8, 4) is 0 Å². The average Bonchev–Trinajstić information content (AvgIpc) is 2.03. The van der Waals surface area contributed by atoms with Crippen LogP contribution in [0.4, 0.5) is 0 Å². The van der Waals surface area contributed by atoms with Gasteiger partial charge in [0.2, 0.25) is 5.91 Å². The summed E-state index contributed by atoms with van der Waals surface area (Å²) in [7, 11) is 0. The van der Waals surface area contributed by atoms with Crippen LogP contribution < -0.4 is 5.73 Å². The second-order valence-electron chi connectivity index (χ2n) is 1.86. The van der Waals surface area contributed by atoms with Crippen molar-refractivity contribution < 1.29 is 19.4 Å². The van der Waals surface area contributed by atoms with Crippen molar-refractivity contribution in [2.45, 2.75) is 13.8 Å². The van der Waals surface area contributed by atoms with Crippen molar-refractivity contribution in [3.63, 3.8) is 0 Å². The van der Waals surface area contributed by atoms with Gasteiger partial charge in [-0.3, -0.25) is 4.79 Å². The Hall–Kier alpha value is -1.36. The number of rotatable bonds is 4. The zero-order valence-electron chi connectivity index (χ0n) is 7.82. The molecule has 76 valence electrons. The molecular weight excluding hydrogens is 174 g/mol. The summed E-state index contributed by atoms with van der Waals surface area (Å²) in [6.45, 7) is 5.67. The zero-order chi connectivity index (χ0) is 10.7. The molecule has 0 saturated carbocycles. The molecule has 0 aromatic heterocycles. The van der Waals surface area contributed by atoms with Crippen LogP contribution >= 0.6 is 0 Å². The second-order valence-corrected chi connectivity index (χ2v) is 1.86. The highest BCUT2D eigenvalue weighted by atomic mass is 16.5. The molecule has 0 radical (unpaired) electrons. The summed E-state index contributed by atoms with van der Waals surface area (Å²) in [5.41, 5.74) is 4.55. The minimum Gasteiger partial charge on any atom is -0.478 e. The molecule has 0 spiro atoms. The number of ether oxygens (including phenoxy) is 1. The number of primary amides is 1. The van der Waals surface area contributed by atoms with Crippen LogP contribution in [0, 0.1) is 0 Å². The number of aliphatic carboxylic acids is 1. The number of amides is 1. The van der Waals surface area contributed by atoms with E-state index in [0.29, 0.717) is 6.08 Å². The number of carboxylic acid groups (broad SMARTS) is 1. The summed E-state index contributed by atoms with van der Waals surface area (Å²) in [6, 6.07) is 0. The number of nitrogens with two attached hydrogens (primary N) is 1. The Morgan fingerprint density at radius 1 is 1.31 bits per heavy atom. The molecule has 13 heavy (non-hydrogen) atoms. The Balaban J connectivity index is 0. The maximum atomic E-state index is 9.78. The molecule has 3 N–H and O–H groups in total. The molecule has 1 amide bonds. The zero-order valence-corrected chi connectivity index (χ0v) is 7.82. The van der Waals surface area contributed by atoms with E-state index >= 15 is 0 Å². The van der Waals surface area contributed by atoms with Gasteiger partial charge < -0.3 is 15.6 Å². The van der Waals surface area contributed by atoms with E-state index in [4.69, 9.17) is 9.84 Å². The van der Waals surface area contributed by atoms with E-state index in [1.165, 1.54) is 0 Å². The smallest absolute Gasteiger partial charge is 0.328 e. The van der Waals surface area contributed by atoms with Gasteiger partial charge in [0.15, 0.2) is 0 Å². The second kappa shape index (κ2) is 10.6. The maximum Gasteiger partial charge on any atom is 0.328 e. The molecule has 5 nitrogen and oxygen atoms in total. The first-order chi connectivity index (χ1) is 6.04. The summed E-state index contributed by atoms with van der Waals surface area (Å²) in [6.07, 6.45) is 1.46. The molecule has 0 atom stereocenters. The Bertz CT molecular complexity index is 159. The van der Waals surface area contributed by atoms with Crippen molar-refractivity contribution in [3.05, 3.63) is 12.2 Å². The highest BCUT2D eigenvalue weighted by molar-refractivity contribution is 5.92. The minimum atomic E-state index is -1.18. The van der Waals surface area contributed by atoms with E-state index < -0.39 is 11.9 Å². The molecule has 0 aromatic rings. The van der Waals surface area contributed by atoms with E-state index in [1.54, 1.807) is 0 Å². The molecule has 5 heteroatoms. The van der Waals surface area contributed by atoms with Crippen LogP contribution in [-0.4, -0.2) is 30.2 Å². The van der Waals surface area contributed by atoms with Gasteiger partial charge >= 0.3 is 5.97 Å². The number of carboxylic acids is 1. The van der Waals surface area contributed by atoms with Gasteiger partial charge in [0.25, 0.3) is 0 Å². The van der Waals surface area contributed by atoms with Crippen molar-refractivity contribution in [2.24, 2.45) is 5.73 Å². The molecule has 0 rings (SSSR count). The molecule has 0 saturated heterocycles. The predicted octanol–water partition coefficient (Wildman–Crippen LogP) is 0.155. The van der Waals surface area contributed by atoms with E-state index in [2.05, 4.69) is 5.73 Å². The molecule has 0 fully saturated rings. The van der Waals surface area contributed by atoms with Gasteiger partial charge in [-0.15, -0.1) is 0 Å². The monoisotopic (exact) mass is 189 g/mol. The third kappa shape index (κ3) is 25.0. The van der Waals surface area contributed by atoms with Crippen molar-refractivity contribution in [1.29, 1.82) is 0 Å². The van der Waals surface area contributed by atoms with Crippen LogP contribution in [0.5, 0.6) is 0 Å². The van der Waals surface area contributed by atoms with Gasteiger partial charge in [-0.1, -0.05) is 0 Å². The summed E-state index contributed by atoms with van der Waals surface area (Å²) < 4.78 is 4.83. The van der Waals surface area contributed by atoms with Crippen molar-refractivity contribution >= 4 is 11.9 Å². The lowest BCUT2D eigenvalue weighted by Crippen LogP contribution is -2.06. The summed E-state index contributed by atoms with van der Waals surface area (Å²) in [5, 5.41) is 7.87. The van der Waals surface area contributed by atoms with Crippen LogP contribution in [0.15, 0.2) is 12.2 Å². The largest absolute Gasteiger partial charge is 0.478 e. The summed E-state index contributed by atoms with van der Waals surface area (Å²) in [5.74, 6) is -1.93. The third-order valence-electron chi connectivity index (χ3n) is 0.798. The first kappa shape index (κ1) is 14.2. The SMILES string of the molecule is CCOCC.NC(=O)/C=C\C(=O)O. The molecular formula is C8H15NO4. The normalized spacial score (nSPS) is 9.08. The lowest BCUT2D eigenvalue weighted by molar-refractivity contribution is -0.131. The standard InChI is InChI=1S/C4H5NO3.C4H10O/c5-3(6)1-2-4(7)8;1-3-5-4-2/h1-2H,(H2,5,6)(H,7,8);3-4H2,1-2H3/b2-1-;. The topological polar surface area (TPSA) is 89.6 Å². The quantitative estimate of drug-likeness (QED) is 0.616. The van der Waals surface area contributed by atoms with Gasteiger partial charge in [0.1, 0.15) is 0 Å². The van der Waals surface area contributed by atoms with Crippen LogP contribution in [0.3, 0.4) is 0 Å². The predicted molar refractivity (Wildman–Crippen MR) is 48.1 cm³/mol. The highest BCUT2D eigenvalue weighted by Crippen LogP contribution is 1.68. The van der Waals surface area contributed by atoms with Crippen molar-refractivity contribution in [1.82, 2.24) is 0 Å². The molecule has 0 aromatic carbocycles. The Morgan fingerprint density at radius 2 is 1.77 bits per heavy atom. The average molecular weight is 189 g/mol. The molecule has 0 aliphatic carbocycles. The fourth-order valence-corrected chi connectivity index (χ4v) is 0.358. The van der Waals surface area contributed by atoms with E-state index in [0.717, 1.165) is 19.3 Å². The van der Waals surface area contributed by atoms with Crippen molar-refractivity contribution in [2.75, 3.05) is 13.2 Å². The number of hydrogen-bond donors (Lipinski definition) is 2. The van der Waals surface area contributed by atoms with Gasteiger partial charge in [-0.25, -0.2) is 4.79 Å². The Morgan fingerprint density at radius 3 is 1.85 bits per heavy atom. The molecule has 0 unspecified atom stereocenters. The van der Waals surface area contributed by atoms with E-state index in [9.17, 15) is 9.59 Å². The van der Waals surface area contributed by atoms with Gasteiger partial charge in [0.05, 0.1) is 0 Å². The third-order valence-corrected chi connectivity index (χ3v) is 0.798. The lowest BCUT2D eigenvalue weighted by Gasteiger charge is -1.86. The summed E-state index contributed by atoms with van der Waals surface area (Å²) in [4.78, 5) is 19.4. The molecule has 0 aliphatic rings. The maximum absolute atomic E-state index is 9.78. The number of carbonyl (C=O) groups is 2. The van der Waals surface area contributed by atoms with Crippen LogP contribution in [0.25, 0.3) is 0 Å². The fourth-order valence-electron chi connectivity index (χ4n) is 0.358. The Kier molecular flexibility index (Phi) is 11.6. The Labute approximate surface area is 77.2 Å². The molecule has 0 heterocycles. The molecule has 0 aliphatic heterocycles. The van der Waals surface area contributed by atoms with Crippen LogP contribution in [0.1, 0.15) is 13.8 Å². The van der Waals surface area contributed by atoms with E-state index in [-0.39, 0.29) is 0 Å². The minimum absolute atomic E-state index is 0.683. The van der Waals surface area contributed by atoms with Gasteiger partial charge in [0, 0.05) is 25.4 Å². The highest BCUT2D eigenvalue weighted by Gasteiger charge is 1.86. The first-order valence-corrected chi connectivity index (χ1v) is 3.82. The lowest BCUT2D eigenvalue weighted by atomic mass is 10.5. The molecule has 0 bridgehead atoms. The van der Waals surface area contributed by atoms with E-state index in [1.807, 2.05) is 13.8 Å². The van der Waals surface area contributed by atoms with Gasteiger partial charge in [-0.2, -0.15) is 0 Å². The number of carbonyl (C=O) groups excluding carboxylic acids is 1. The first-order valence-electron chi connectivity index (χ1n) is 3.82.